The molecule has 2 aromatic carbocycles. The Morgan fingerprint density at radius 2 is 1.92 bits per heavy atom. The second-order valence-corrected chi connectivity index (χ2v) is 10.2. The van der Waals surface area contributed by atoms with Crippen LogP contribution in [0, 0.1) is 6.92 Å². The predicted octanol–water partition coefficient (Wildman–Crippen LogP) is 5.28. The highest BCUT2D eigenvalue weighted by atomic mass is 32.1. The average Bonchev–Trinajstić information content (AvgIpc) is 3.66. The number of nitrogens with zero attached hydrogens (tertiary/aromatic N) is 4. The number of fused-ring (bicyclic) bond motifs is 7. The standard InChI is InChI=1S/C27H16N4O5S/c1-13-6-9-19(37-13)20-21-23(15-4-2-3-5-16(15)35-27(21)32)36-26-22(20)25-29-24(30-31(25)11-28-26)14-7-8-17-18(10-14)34-12-33-17/h2-11,20H,12H2,1H3. The summed E-state index contributed by atoms with van der Waals surface area (Å²) in [7, 11) is 0. The smallest absolute Gasteiger partial charge is 0.344 e. The highest BCUT2D eigenvalue weighted by molar-refractivity contribution is 7.12. The quantitative estimate of drug-likeness (QED) is 0.291. The van der Waals surface area contributed by atoms with Crippen molar-refractivity contribution in [3.63, 3.8) is 0 Å². The number of benzene rings is 2. The summed E-state index contributed by atoms with van der Waals surface area (Å²) >= 11 is 1.61. The fourth-order valence-electron chi connectivity index (χ4n) is 4.98. The van der Waals surface area contributed by atoms with Gasteiger partial charge in [-0.3, -0.25) is 0 Å². The molecule has 9 nitrogen and oxygen atoms in total. The molecule has 1 unspecified atom stereocenters. The van der Waals surface area contributed by atoms with Crippen molar-refractivity contribution in [1.29, 1.82) is 0 Å². The lowest BCUT2D eigenvalue weighted by atomic mass is 9.88. The lowest BCUT2D eigenvalue weighted by Crippen LogP contribution is -2.21. The normalized spacial score (nSPS) is 15.5. The summed E-state index contributed by atoms with van der Waals surface area (Å²) in [5.74, 6) is 2.18. The second-order valence-electron chi connectivity index (χ2n) is 8.85. The zero-order valence-electron chi connectivity index (χ0n) is 19.3. The van der Waals surface area contributed by atoms with E-state index in [9.17, 15) is 4.79 Å². The van der Waals surface area contributed by atoms with Gasteiger partial charge in [0.05, 0.1) is 22.4 Å². The van der Waals surface area contributed by atoms with Crippen molar-refractivity contribution >= 4 is 28.0 Å². The Bertz CT molecular complexity index is 1960. The van der Waals surface area contributed by atoms with Gasteiger partial charge in [-0.05, 0) is 49.4 Å². The summed E-state index contributed by atoms with van der Waals surface area (Å²) in [4.78, 5) is 25.0. The minimum Gasteiger partial charge on any atom is -0.454 e. The van der Waals surface area contributed by atoms with Crippen molar-refractivity contribution in [3.05, 3.63) is 92.2 Å². The number of ether oxygens (including phenoxy) is 3. The third-order valence-electron chi connectivity index (χ3n) is 6.64. The maximum absolute atomic E-state index is 13.4. The molecule has 10 heteroatoms. The summed E-state index contributed by atoms with van der Waals surface area (Å²) in [6.07, 6.45) is 1.58. The molecular formula is C27H16N4O5S. The van der Waals surface area contributed by atoms with E-state index in [1.165, 1.54) is 0 Å². The van der Waals surface area contributed by atoms with E-state index < -0.39 is 11.5 Å². The number of thiophene rings is 1. The molecule has 8 rings (SSSR count). The fourth-order valence-corrected chi connectivity index (χ4v) is 5.98. The Labute approximate surface area is 212 Å². The Balaban J connectivity index is 1.40. The van der Waals surface area contributed by atoms with Crippen molar-refractivity contribution in [3.8, 4) is 34.5 Å². The van der Waals surface area contributed by atoms with E-state index in [0.717, 1.165) is 15.3 Å². The number of hydrogen-bond acceptors (Lipinski definition) is 9. The van der Waals surface area contributed by atoms with Gasteiger partial charge in [-0.2, -0.15) is 0 Å². The van der Waals surface area contributed by atoms with Crippen molar-refractivity contribution in [2.45, 2.75) is 12.8 Å². The molecule has 0 bridgehead atoms. The van der Waals surface area contributed by atoms with E-state index in [1.807, 2.05) is 55.5 Å². The first kappa shape index (κ1) is 20.5. The SMILES string of the molecule is Cc1ccc(C2c3c(c4ccccc4oc3=O)Oc3ncn4nc(-c5ccc6c(c5)OCO6)nc4c32)s1. The molecule has 0 aliphatic carbocycles. The molecule has 37 heavy (non-hydrogen) atoms. The summed E-state index contributed by atoms with van der Waals surface area (Å²) < 4.78 is 24.6. The highest BCUT2D eigenvalue weighted by Gasteiger charge is 2.38. The van der Waals surface area contributed by atoms with Crippen LogP contribution >= 0.6 is 11.3 Å². The topological polar surface area (TPSA) is 101 Å². The molecule has 2 aliphatic rings. The van der Waals surface area contributed by atoms with Gasteiger partial charge >= 0.3 is 5.63 Å². The minimum absolute atomic E-state index is 0.185. The molecule has 0 saturated heterocycles. The number of para-hydroxylation sites is 1. The number of aromatic nitrogens is 4. The third-order valence-corrected chi connectivity index (χ3v) is 7.70. The maximum atomic E-state index is 13.4. The largest absolute Gasteiger partial charge is 0.454 e. The molecule has 180 valence electrons. The molecule has 0 radical (unpaired) electrons. The zero-order valence-corrected chi connectivity index (χ0v) is 20.1. The Kier molecular flexibility index (Phi) is 4.10. The lowest BCUT2D eigenvalue weighted by Gasteiger charge is -2.26. The van der Waals surface area contributed by atoms with E-state index in [2.05, 4.69) is 10.1 Å². The van der Waals surface area contributed by atoms with Crippen LogP contribution in [0.1, 0.15) is 26.8 Å². The van der Waals surface area contributed by atoms with E-state index in [4.69, 9.17) is 23.6 Å². The van der Waals surface area contributed by atoms with E-state index >= 15 is 0 Å². The summed E-state index contributed by atoms with van der Waals surface area (Å²) in [6, 6.07) is 17.0. The number of rotatable bonds is 2. The molecule has 6 aromatic rings. The Hall–Kier alpha value is -4.70. The summed E-state index contributed by atoms with van der Waals surface area (Å²) in [5.41, 5.74) is 2.42. The van der Waals surface area contributed by atoms with E-state index in [1.54, 1.807) is 28.2 Å². The van der Waals surface area contributed by atoms with Gasteiger partial charge in [-0.1, -0.05) is 12.1 Å². The van der Waals surface area contributed by atoms with Crippen LogP contribution in [-0.2, 0) is 0 Å². The highest BCUT2D eigenvalue weighted by Crippen LogP contribution is 2.50. The zero-order chi connectivity index (χ0) is 24.7. The monoisotopic (exact) mass is 508 g/mol. The number of aryl methyl sites for hydroxylation is 1. The van der Waals surface area contributed by atoms with Crippen LogP contribution in [0.3, 0.4) is 0 Å². The molecule has 0 fully saturated rings. The van der Waals surface area contributed by atoms with Gasteiger partial charge in [0.25, 0.3) is 0 Å². The first-order valence-electron chi connectivity index (χ1n) is 11.6. The van der Waals surface area contributed by atoms with Crippen LogP contribution in [0.5, 0.6) is 23.1 Å². The maximum Gasteiger partial charge on any atom is 0.344 e. The molecular weight excluding hydrogens is 492 g/mol. The molecule has 0 saturated carbocycles. The summed E-state index contributed by atoms with van der Waals surface area (Å²) in [6.45, 7) is 2.22. The van der Waals surface area contributed by atoms with Crippen LogP contribution in [0.15, 0.2) is 70.1 Å². The minimum atomic E-state index is -0.483. The van der Waals surface area contributed by atoms with Crippen molar-refractivity contribution in [1.82, 2.24) is 19.6 Å². The molecule has 1 atom stereocenters. The van der Waals surface area contributed by atoms with E-state index in [0.29, 0.717) is 56.7 Å². The van der Waals surface area contributed by atoms with Gasteiger partial charge < -0.3 is 18.6 Å². The molecule has 4 aromatic heterocycles. The van der Waals surface area contributed by atoms with Crippen molar-refractivity contribution in [2.24, 2.45) is 0 Å². The van der Waals surface area contributed by atoms with Crippen LogP contribution < -0.4 is 19.8 Å². The summed E-state index contributed by atoms with van der Waals surface area (Å²) in [5, 5.41) is 5.38. The molecule has 0 N–H and O–H groups in total. The van der Waals surface area contributed by atoms with Crippen molar-refractivity contribution in [2.75, 3.05) is 6.79 Å². The van der Waals surface area contributed by atoms with Gasteiger partial charge in [-0.15, -0.1) is 16.4 Å². The fraction of sp³-hybridized carbons (Fsp3) is 0.111. The first-order chi connectivity index (χ1) is 18.1. The molecule has 0 amide bonds. The van der Waals surface area contributed by atoms with Crippen LogP contribution in [0.4, 0.5) is 0 Å². The van der Waals surface area contributed by atoms with Gasteiger partial charge in [0, 0.05) is 15.3 Å². The number of hydrogen-bond donors (Lipinski definition) is 0. The van der Waals surface area contributed by atoms with Gasteiger partial charge in [0.1, 0.15) is 11.9 Å². The Morgan fingerprint density at radius 1 is 1.03 bits per heavy atom. The van der Waals surface area contributed by atoms with Crippen LogP contribution in [0.2, 0.25) is 0 Å². The van der Waals surface area contributed by atoms with Gasteiger partial charge in [0.2, 0.25) is 12.7 Å². The Morgan fingerprint density at radius 3 is 2.81 bits per heavy atom. The van der Waals surface area contributed by atoms with Crippen molar-refractivity contribution < 1.29 is 18.6 Å². The lowest BCUT2D eigenvalue weighted by molar-refractivity contribution is 0.174. The van der Waals surface area contributed by atoms with Gasteiger partial charge in [-0.25, -0.2) is 19.3 Å². The van der Waals surface area contributed by atoms with E-state index in [-0.39, 0.29) is 6.79 Å². The molecule has 0 spiro atoms. The average molecular weight is 509 g/mol. The van der Waals surface area contributed by atoms with Crippen LogP contribution in [-0.4, -0.2) is 26.4 Å². The second kappa shape index (κ2) is 7.40. The predicted molar refractivity (Wildman–Crippen MR) is 135 cm³/mol. The molecule has 2 aliphatic heterocycles. The van der Waals surface area contributed by atoms with Gasteiger partial charge in [0.15, 0.2) is 28.7 Å². The first-order valence-corrected chi connectivity index (χ1v) is 12.4. The van der Waals surface area contributed by atoms with Crippen LogP contribution in [0.25, 0.3) is 28.0 Å². The molecule has 6 heterocycles. The third kappa shape index (κ3) is 2.96.